The second-order valence-corrected chi connectivity index (χ2v) is 2.62. The van der Waals surface area contributed by atoms with Gasteiger partial charge in [-0.25, -0.2) is 4.79 Å². The number of rotatable bonds is 2. The molecule has 1 saturated carbocycles. The molecule has 0 bridgehead atoms. The topological polar surface area (TPSA) is 77.5 Å². The first-order chi connectivity index (χ1) is 5.29. The molecule has 1 aromatic heterocycles. The number of carbonyl (C=O) groups is 1. The SMILES string of the molecule is O=C(O)c1[nH+]onc1C1CC1. The van der Waals surface area contributed by atoms with Gasteiger partial charge < -0.3 is 5.11 Å². The molecule has 0 aromatic carbocycles. The Labute approximate surface area is 62.0 Å². The highest BCUT2D eigenvalue weighted by Crippen LogP contribution is 2.39. The van der Waals surface area contributed by atoms with Gasteiger partial charge in [-0.2, -0.15) is 0 Å². The van der Waals surface area contributed by atoms with Crippen LogP contribution in [0.1, 0.15) is 34.9 Å². The Morgan fingerprint density at radius 1 is 1.73 bits per heavy atom. The van der Waals surface area contributed by atoms with Crippen LogP contribution < -0.4 is 5.16 Å². The Hall–Kier alpha value is -1.39. The van der Waals surface area contributed by atoms with E-state index in [1.54, 1.807) is 0 Å². The molecule has 1 heterocycles. The van der Waals surface area contributed by atoms with Crippen LogP contribution in [0.15, 0.2) is 4.63 Å². The van der Waals surface area contributed by atoms with Crippen molar-refractivity contribution in [2.24, 2.45) is 0 Å². The fourth-order valence-corrected chi connectivity index (χ4v) is 1.00. The van der Waals surface area contributed by atoms with Gasteiger partial charge in [-0.05, 0) is 12.8 Å². The minimum Gasteiger partial charge on any atom is -0.475 e. The fourth-order valence-electron chi connectivity index (χ4n) is 1.00. The molecule has 11 heavy (non-hydrogen) atoms. The predicted octanol–water partition coefficient (Wildman–Crippen LogP) is 0.0643. The van der Waals surface area contributed by atoms with E-state index >= 15 is 0 Å². The molecular formula is C6H7N2O3+. The average Bonchev–Trinajstić information content (AvgIpc) is 2.68. The first kappa shape index (κ1) is 6.33. The molecule has 5 heteroatoms. The van der Waals surface area contributed by atoms with E-state index in [2.05, 4.69) is 14.9 Å². The molecule has 1 aliphatic rings. The third-order valence-corrected chi connectivity index (χ3v) is 1.73. The maximum absolute atomic E-state index is 10.5. The van der Waals surface area contributed by atoms with E-state index in [0.29, 0.717) is 11.6 Å². The summed E-state index contributed by atoms with van der Waals surface area (Å²) in [7, 11) is 0. The smallest absolute Gasteiger partial charge is 0.384 e. The van der Waals surface area contributed by atoms with Crippen molar-refractivity contribution in [3.05, 3.63) is 11.4 Å². The molecule has 0 spiro atoms. The Morgan fingerprint density at radius 2 is 2.45 bits per heavy atom. The molecule has 2 rings (SSSR count). The third-order valence-electron chi connectivity index (χ3n) is 1.73. The Balaban J connectivity index is 2.37. The number of hydrogen-bond donors (Lipinski definition) is 1. The van der Waals surface area contributed by atoms with E-state index in [1.807, 2.05) is 0 Å². The first-order valence-corrected chi connectivity index (χ1v) is 3.39. The maximum Gasteiger partial charge on any atom is 0.384 e. The van der Waals surface area contributed by atoms with Crippen molar-refractivity contribution in [1.29, 1.82) is 0 Å². The van der Waals surface area contributed by atoms with Gasteiger partial charge in [0, 0.05) is 5.92 Å². The van der Waals surface area contributed by atoms with E-state index in [-0.39, 0.29) is 5.69 Å². The van der Waals surface area contributed by atoms with Gasteiger partial charge in [0.2, 0.25) is 0 Å². The normalized spacial score (nSPS) is 16.7. The summed E-state index contributed by atoms with van der Waals surface area (Å²) in [5, 5.41) is 14.4. The summed E-state index contributed by atoms with van der Waals surface area (Å²) in [6.45, 7) is 0. The summed E-state index contributed by atoms with van der Waals surface area (Å²) in [4.78, 5) is 10.5. The van der Waals surface area contributed by atoms with Gasteiger partial charge in [-0.15, -0.1) is 0 Å². The predicted molar refractivity (Wildman–Crippen MR) is 32.0 cm³/mol. The minimum absolute atomic E-state index is 0.0903. The van der Waals surface area contributed by atoms with Gasteiger partial charge >= 0.3 is 5.97 Å². The summed E-state index contributed by atoms with van der Waals surface area (Å²) >= 11 is 0. The molecule has 0 atom stereocenters. The number of hydrogen-bond acceptors (Lipinski definition) is 3. The van der Waals surface area contributed by atoms with Crippen LogP contribution in [0.2, 0.25) is 0 Å². The van der Waals surface area contributed by atoms with Gasteiger partial charge in [0.15, 0.2) is 5.16 Å². The van der Waals surface area contributed by atoms with Crippen molar-refractivity contribution in [3.63, 3.8) is 0 Å². The van der Waals surface area contributed by atoms with E-state index in [9.17, 15) is 4.79 Å². The highest BCUT2D eigenvalue weighted by Gasteiger charge is 2.38. The van der Waals surface area contributed by atoms with E-state index < -0.39 is 5.97 Å². The number of carboxylic acid groups (broad SMARTS) is 1. The Kier molecular flexibility index (Phi) is 1.18. The van der Waals surface area contributed by atoms with Crippen LogP contribution in [0.25, 0.3) is 0 Å². The van der Waals surface area contributed by atoms with E-state index in [0.717, 1.165) is 12.8 Å². The van der Waals surface area contributed by atoms with Gasteiger partial charge in [-0.1, -0.05) is 9.79 Å². The first-order valence-electron chi connectivity index (χ1n) is 3.39. The molecule has 1 fully saturated rings. The lowest BCUT2D eigenvalue weighted by molar-refractivity contribution is -0.625. The van der Waals surface area contributed by atoms with Crippen LogP contribution in [0, 0.1) is 0 Å². The Morgan fingerprint density at radius 3 is 3.00 bits per heavy atom. The third kappa shape index (κ3) is 0.978. The largest absolute Gasteiger partial charge is 0.475 e. The number of H-pyrrole nitrogens is 1. The lowest BCUT2D eigenvalue weighted by Gasteiger charge is -1.80. The standard InChI is InChI=1S/C6H6N2O3/c9-6(10)5-4(3-1-2-3)7-11-8-5/h3H,1-2H2,(H,9,10)/p+1. The second kappa shape index (κ2) is 2.05. The monoisotopic (exact) mass is 155 g/mol. The van der Waals surface area contributed by atoms with E-state index in [4.69, 9.17) is 5.11 Å². The molecule has 58 valence electrons. The number of nitrogens with zero attached hydrogens (tertiary/aromatic N) is 1. The van der Waals surface area contributed by atoms with Gasteiger partial charge in [0.1, 0.15) is 0 Å². The van der Waals surface area contributed by atoms with Crippen molar-refractivity contribution >= 4 is 5.97 Å². The van der Waals surface area contributed by atoms with Crippen LogP contribution in [0.5, 0.6) is 0 Å². The molecule has 0 aliphatic heterocycles. The number of nitrogens with one attached hydrogen (secondary N) is 1. The molecule has 5 nitrogen and oxygen atoms in total. The average molecular weight is 155 g/mol. The summed E-state index contributed by atoms with van der Waals surface area (Å²) in [5.74, 6) is -0.704. The quantitative estimate of drug-likeness (QED) is 0.655. The summed E-state index contributed by atoms with van der Waals surface area (Å²) < 4.78 is 4.45. The van der Waals surface area contributed by atoms with Crippen LogP contribution >= 0.6 is 0 Å². The zero-order valence-corrected chi connectivity index (χ0v) is 5.70. The zero-order valence-electron chi connectivity index (χ0n) is 5.70. The highest BCUT2D eigenvalue weighted by atomic mass is 16.6. The fraction of sp³-hybridized carbons (Fsp3) is 0.500. The molecule has 0 saturated heterocycles. The second-order valence-electron chi connectivity index (χ2n) is 2.62. The number of aromatic carboxylic acids is 1. The van der Waals surface area contributed by atoms with Crippen molar-refractivity contribution < 1.29 is 19.7 Å². The van der Waals surface area contributed by atoms with Crippen LogP contribution in [0.4, 0.5) is 0 Å². The molecular weight excluding hydrogens is 148 g/mol. The van der Waals surface area contributed by atoms with Crippen LogP contribution in [-0.2, 0) is 0 Å². The summed E-state index contributed by atoms with van der Waals surface area (Å²) in [5.41, 5.74) is 0.644. The molecule has 2 N–H and O–H groups in total. The highest BCUT2D eigenvalue weighted by molar-refractivity contribution is 5.84. The van der Waals surface area contributed by atoms with Crippen molar-refractivity contribution in [2.75, 3.05) is 0 Å². The maximum atomic E-state index is 10.5. The minimum atomic E-state index is -1.01. The lowest BCUT2D eigenvalue weighted by Crippen LogP contribution is -2.13. The number of aromatic nitrogens is 2. The van der Waals surface area contributed by atoms with Gasteiger partial charge in [0.05, 0.1) is 0 Å². The molecule has 0 amide bonds. The number of aromatic amines is 1. The van der Waals surface area contributed by atoms with Crippen molar-refractivity contribution in [2.45, 2.75) is 18.8 Å². The molecule has 0 unspecified atom stereocenters. The van der Waals surface area contributed by atoms with E-state index in [1.165, 1.54) is 0 Å². The van der Waals surface area contributed by atoms with Crippen LogP contribution in [-0.4, -0.2) is 16.2 Å². The van der Waals surface area contributed by atoms with Crippen molar-refractivity contribution in [1.82, 2.24) is 5.16 Å². The summed E-state index contributed by atoms with van der Waals surface area (Å²) in [6, 6.07) is 0. The van der Waals surface area contributed by atoms with Gasteiger partial charge in [0.25, 0.3) is 11.4 Å². The lowest BCUT2D eigenvalue weighted by atomic mass is 10.2. The van der Waals surface area contributed by atoms with Crippen LogP contribution in [0.3, 0.4) is 0 Å². The van der Waals surface area contributed by atoms with Crippen molar-refractivity contribution in [3.8, 4) is 0 Å². The number of carboxylic acids is 1. The van der Waals surface area contributed by atoms with Gasteiger partial charge in [-0.3, -0.25) is 0 Å². The zero-order chi connectivity index (χ0) is 7.84. The molecule has 0 radical (unpaired) electrons. The molecule has 1 aliphatic carbocycles. The molecule has 1 aromatic rings. The summed E-state index contributed by atoms with van der Waals surface area (Å²) in [6.07, 6.45) is 2.03. The Bertz CT molecular complexity index is 290.